The maximum absolute atomic E-state index is 4.25. The Morgan fingerprint density at radius 2 is 2.00 bits per heavy atom. The molecule has 86 valence electrons. The number of fused-ring (bicyclic) bond motifs is 2. The van der Waals surface area contributed by atoms with Gasteiger partial charge in [-0.1, -0.05) is 0 Å². The summed E-state index contributed by atoms with van der Waals surface area (Å²) in [5.74, 6) is 1.62. The predicted octanol–water partition coefficient (Wildman–Crippen LogP) is 1.89. The number of anilines is 1. The molecule has 0 spiro atoms. The van der Waals surface area contributed by atoms with Gasteiger partial charge in [-0.05, 0) is 53.3 Å². The molecule has 0 saturated carbocycles. The van der Waals surface area contributed by atoms with Crippen molar-refractivity contribution in [2.24, 2.45) is 11.8 Å². The number of nitrogens with zero attached hydrogens (tertiary/aromatic N) is 2. The number of nitrogens with one attached hydrogen (secondary N) is 1. The van der Waals surface area contributed by atoms with Crippen LogP contribution in [0.5, 0.6) is 0 Å². The van der Waals surface area contributed by atoms with E-state index in [4.69, 9.17) is 0 Å². The van der Waals surface area contributed by atoms with Crippen LogP contribution in [-0.2, 0) is 0 Å². The van der Waals surface area contributed by atoms with Gasteiger partial charge in [0.05, 0.1) is 11.9 Å². The average Bonchev–Trinajstić information content (AvgIpc) is 2.28. The van der Waals surface area contributed by atoms with E-state index in [-0.39, 0.29) is 0 Å². The zero-order valence-corrected chi connectivity index (χ0v) is 10.8. The van der Waals surface area contributed by atoms with E-state index in [1.807, 2.05) is 12.4 Å². The molecular weight excluding hydrogens is 266 g/mol. The van der Waals surface area contributed by atoms with E-state index < -0.39 is 0 Å². The highest BCUT2D eigenvalue weighted by molar-refractivity contribution is 9.10. The molecule has 3 rings (SSSR count). The number of hydrogen-bond acceptors (Lipinski definition) is 3. The molecule has 0 amide bonds. The summed E-state index contributed by atoms with van der Waals surface area (Å²) in [6.07, 6.45) is 5.21. The lowest BCUT2D eigenvalue weighted by Crippen LogP contribution is -2.51. The van der Waals surface area contributed by atoms with Crippen LogP contribution >= 0.6 is 15.9 Å². The van der Waals surface area contributed by atoms with Gasteiger partial charge in [-0.2, -0.15) is 0 Å². The van der Waals surface area contributed by atoms with Crippen molar-refractivity contribution in [2.75, 3.05) is 31.1 Å². The van der Waals surface area contributed by atoms with Gasteiger partial charge in [-0.25, -0.2) is 0 Å². The highest BCUT2D eigenvalue weighted by Gasteiger charge is 2.30. The number of rotatable bonds is 1. The van der Waals surface area contributed by atoms with Gasteiger partial charge in [0.15, 0.2) is 0 Å². The van der Waals surface area contributed by atoms with Crippen molar-refractivity contribution in [1.29, 1.82) is 0 Å². The van der Waals surface area contributed by atoms with Crippen molar-refractivity contribution in [3.05, 3.63) is 22.9 Å². The van der Waals surface area contributed by atoms with Crippen LogP contribution in [0.1, 0.15) is 6.42 Å². The summed E-state index contributed by atoms with van der Waals surface area (Å²) in [5, 5.41) is 3.52. The summed E-state index contributed by atoms with van der Waals surface area (Å²) in [6, 6.07) is 2.17. The van der Waals surface area contributed by atoms with Crippen LogP contribution in [0.25, 0.3) is 0 Å². The van der Waals surface area contributed by atoms with Gasteiger partial charge >= 0.3 is 0 Å². The fourth-order valence-electron chi connectivity index (χ4n) is 2.89. The third kappa shape index (κ3) is 2.09. The Morgan fingerprint density at radius 3 is 2.69 bits per heavy atom. The second kappa shape index (κ2) is 4.34. The summed E-state index contributed by atoms with van der Waals surface area (Å²) < 4.78 is 1.07. The summed E-state index contributed by atoms with van der Waals surface area (Å²) in [7, 11) is 0. The number of halogens is 1. The third-order valence-corrected chi connectivity index (χ3v) is 3.98. The van der Waals surface area contributed by atoms with Gasteiger partial charge in [0, 0.05) is 23.8 Å². The van der Waals surface area contributed by atoms with Crippen molar-refractivity contribution < 1.29 is 0 Å². The first kappa shape index (κ1) is 10.5. The predicted molar refractivity (Wildman–Crippen MR) is 68.6 cm³/mol. The lowest BCUT2D eigenvalue weighted by Gasteiger charge is -2.42. The van der Waals surface area contributed by atoms with E-state index in [2.05, 4.69) is 37.2 Å². The smallest absolute Gasteiger partial charge is 0.0564 e. The quantitative estimate of drug-likeness (QED) is 0.852. The first-order valence-corrected chi connectivity index (χ1v) is 6.67. The molecule has 2 bridgehead atoms. The zero-order valence-electron chi connectivity index (χ0n) is 9.19. The average molecular weight is 282 g/mol. The second-order valence-electron chi connectivity index (χ2n) is 4.89. The molecule has 3 heterocycles. The van der Waals surface area contributed by atoms with Crippen LogP contribution in [-0.4, -0.2) is 31.2 Å². The first-order valence-electron chi connectivity index (χ1n) is 5.87. The fourth-order valence-corrected chi connectivity index (χ4v) is 3.24. The van der Waals surface area contributed by atoms with Crippen LogP contribution < -0.4 is 10.2 Å². The molecule has 2 aliphatic heterocycles. The number of piperidine rings is 2. The minimum atomic E-state index is 0.812. The summed E-state index contributed by atoms with van der Waals surface area (Å²) >= 11 is 3.49. The van der Waals surface area contributed by atoms with Crippen LogP contribution in [0.4, 0.5) is 5.69 Å². The molecule has 0 radical (unpaired) electrons. The molecule has 3 nitrogen and oxygen atoms in total. The SMILES string of the molecule is Brc1cncc(N2CC3CNCC(C3)C2)c1. The van der Waals surface area contributed by atoms with E-state index in [1.54, 1.807) is 0 Å². The molecule has 0 aliphatic carbocycles. The van der Waals surface area contributed by atoms with E-state index >= 15 is 0 Å². The summed E-state index contributed by atoms with van der Waals surface area (Å²) in [6.45, 7) is 4.69. The molecular formula is C12H16BrN3. The largest absolute Gasteiger partial charge is 0.370 e. The Kier molecular flexibility index (Phi) is 2.86. The molecule has 2 atom stereocenters. The molecule has 2 fully saturated rings. The molecule has 1 aromatic rings. The minimum Gasteiger partial charge on any atom is -0.370 e. The van der Waals surface area contributed by atoms with Gasteiger partial charge in [0.25, 0.3) is 0 Å². The van der Waals surface area contributed by atoms with E-state index in [0.717, 1.165) is 16.3 Å². The maximum atomic E-state index is 4.25. The number of aromatic nitrogens is 1. The van der Waals surface area contributed by atoms with Crippen LogP contribution in [0.15, 0.2) is 22.9 Å². The van der Waals surface area contributed by atoms with Gasteiger partial charge in [-0.3, -0.25) is 4.98 Å². The van der Waals surface area contributed by atoms with Crippen molar-refractivity contribution in [2.45, 2.75) is 6.42 Å². The van der Waals surface area contributed by atoms with Crippen molar-refractivity contribution in [3.8, 4) is 0 Å². The van der Waals surface area contributed by atoms with Crippen molar-refractivity contribution in [1.82, 2.24) is 10.3 Å². The van der Waals surface area contributed by atoms with Crippen LogP contribution in [0.2, 0.25) is 0 Å². The fraction of sp³-hybridized carbons (Fsp3) is 0.583. The lowest BCUT2D eigenvalue weighted by atomic mass is 9.86. The second-order valence-corrected chi connectivity index (χ2v) is 5.81. The summed E-state index contributed by atoms with van der Waals surface area (Å²) in [5.41, 5.74) is 1.26. The monoisotopic (exact) mass is 281 g/mol. The Labute approximate surface area is 104 Å². The van der Waals surface area contributed by atoms with Gasteiger partial charge < -0.3 is 10.2 Å². The Bertz CT molecular complexity index is 370. The molecule has 1 aromatic heterocycles. The van der Waals surface area contributed by atoms with E-state index in [9.17, 15) is 0 Å². The normalized spacial score (nSPS) is 29.2. The van der Waals surface area contributed by atoms with E-state index in [0.29, 0.717) is 0 Å². The maximum Gasteiger partial charge on any atom is 0.0564 e. The van der Waals surface area contributed by atoms with Crippen LogP contribution in [0, 0.1) is 11.8 Å². The molecule has 16 heavy (non-hydrogen) atoms. The molecule has 2 aliphatic rings. The summed E-state index contributed by atoms with van der Waals surface area (Å²) in [4.78, 5) is 6.73. The van der Waals surface area contributed by atoms with Gasteiger partial charge in [0.1, 0.15) is 0 Å². The topological polar surface area (TPSA) is 28.2 Å². The van der Waals surface area contributed by atoms with Crippen molar-refractivity contribution >= 4 is 21.6 Å². The molecule has 4 heteroatoms. The zero-order chi connectivity index (χ0) is 11.0. The molecule has 1 N–H and O–H groups in total. The Hall–Kier alpha value is -0.610. The molecule has 2 saturated heterocycles. The minimum absolute atomic E-state index is 0.812. The third-order valence-electron chi connectivity index (χ3n) is 3.55. The van der Waals surface area contributed by atoms with Crippen LogP contribution in [0.3, 0.4) is 0 Å². The van der Waals surface area contributed by atoms with Gasteiger partial charge in [-0.15, -0.1) is 0 Å². The molecule has 2 unspecified atom stereocenters. The number of hydrogen-bond donors (Lipinski definition) is 1. The highest BCUT2D eigenvalue weighted by Crippen LogP contribution is 2.29. The Balaban J connectivity index is 1.80. The lowest BCUT2D eigenvalue weighted by molar-refractivity contribution is 0.249. The first-order chi connectivity index (χ1) is 7.81. The van der Waals surface area contributed by atoms with E-state index in [1.165, 1.54) is 38.3 Å². The van der Waals surface area contributed by atoms with Crippen molar-refractivity contribution in [3.63, 3.8) is 0 Å². The van der Waals surface area contributed by atoms with Gasteiger partial charge in [0.2, 0.25) is 0 Å². The number of pyridine rings is 1. The molecule has 0 aromatic carbocycles. The Morgan fingerprint density at radius 1 is 1.25 bits per heavy atom. The highest BCUT2D eigenvalue weighted by atomic mass is 79.9. The standard InChI is InChI=1S/C12H16BrN3/c13-11-2-12(6-15-5-11)16-7-9-1-10(8-16)4-14-3-9/h2,5-6,9-10,14H,1,3-4,7-8H2.